The van der Waals surface area contributed by atoms with E-state index in [0.29, 0.717) is 35.7 Å². The minimum atomic E-state index is -4.64. The lowest BCUT2D eigenvalue weighted by Crippen LogP contribution is -2.08. The average molecular weight is 837 g/mol. The largest absolute Gasteiger partial charge is 0.481 e. The molecule has 0 atom stereocenters. The van der Waals surface area contributed by atoms with Gasteiger partial charge in [0.05, 0.1) is 51.5 Å². The van der Waals surface area contributed by atoms with Gasteiger partial charge < -0.3 is 51.1 Å². The van der Waals surface area contributed by atoms with Crippen molar-refractivity contribution in [1.82, 2.24) is 0 Å². The van der Waals surface area contributed by atoms with Gasteiger partial charge in [0.25, 0.3) is 10.1 Å². The van der Waals surface area contributed by atoms with Crippen LogP contribution in [0.5, 0.6) is 0 Å². The predicted molar refractivity (Wildman–Crippen MR) is 196 cm³/mol. The Bertz CT molecular complexity index is 2130. The molecule has 0 aliphatic rings. The van der Waals surface area contributed by atoms with E-state index < -0.39 is 73.9 Å². The number of aliphatic hydroxyl groups is 2. The molecule has 0 amide bonds. The molecule has 0 radical (unpaired) electrons. The van der Waals surface area contributed by atoms with E-state index in [1.165, 1.54) is 30.3 Å². The molecule has 4 aromatic carbocycles. The smallest absolute Gasteiger partial charge is 0.337 e. The molecule has 0 spiro atoms. The number of benzene rings is 4. The number of fused-ring (bicyclic) bond motifs is 1. The van der Waals surface area contributed by atoms with Crippen molar-refractivity contribution < 1.29 is 102 Å². The van der Waals surface area contributed by atoms with Crippen LogP contribution in [-0.2, 0) is 19.7 Å². The van der Waals surface area contributed by atoms with Crippen LogP contribution in [0.15, 0.2) is 83.8 Å². The molecule has 58 heavy (non-hydrogen) atoms. The first-order valence-electron chi connectivity index (χ1n) is 15.8. The number of carboxylic acid groups (broad SMARTS) is 8. The van der Waals surface area contributed by atoms with E-state index in [1.807, 2.05) is 0 Å². The lowest BCUT2D eigenvalue weighted by molar-refractivity contribution is -0.139. The van der Waals surface area contributed by atoms with Crippen LogP contribution in [0.4, 0.5) is 0 Å². The predicted octanol–water partition coefficient (Wildman–Crippen LogP) is 3.34. The Hall–Kier alpha value is -7.27. The van der Waals surface area contributed by atoms with Crippen LogP contribution in [0.3, 0.4) is 0 Å². The molecule has 21 nitrogen and oxygen atoms in total. The van der Waals surface area contributed by atoms with Gasteiger partial charge in [0.2, 0.25) is 0 Å². The maximum atomic E-state index is 11.1. The SMILES string of the molecule is O=C(O)CCCCC(=O)O.O=C(O)c1cc(C(=O)O)cc(S(=O)(=O)O)c1.O=C(O)c1ccc(C(=O)O)cc1.O=C(O)c1ccc2ccccc2c1C(=O)O.OCCO. The third-order valence-corrected chi connectivity index (χ3v) is 7.41. The maximum Gasteiger partial charge on any atom is 0.337 e. The highest BCUT2D eigenvalue weighted by molar-refractivity contribution is 7.85. The highest BCUT2D eigenvalue weighted by Gasteiger charge is 2.19. The van der Waals surface area contributed by atoms with Crippen LogP contribution in [-0.4, -0.2) is 125 Å². The molecule has 0 unspecified atom stereocenters. The highest BCUT2D eigenvalue weighted by Crippen LogP contribution is 2.22. The van der Waals surface area contributed by atoms with Crippen LogP contribution in [0.25, 0.3) is 10.8 Å². The number of aliphatic carboxylic acids is 2. The van der Waals surface area contributed by atoms with Crippen molar-refractivity contribution in [2.24, 2.45) is 0 Å². The standard InChI is InChI=1S/C12H8O4.C8H6O7S.C8H6O4.C6H10O4.C2H6O2/c13-11(14)9-6-5-7-3-1-2-4-8(7)10(9)12(15)16;9-7(10)4-1-5(8(11)12)3-6(2-4)16(13,14)15;9-7(10)5-1-2-6(4-3-5)8(11)12;7-5(8)3-1-2-4-6(9)10;3-1-2-4/h1-6H,(H,13,14)(H,15,16);1-3H,(H,9,10)(H,11,12)(H,13,14,15);1-4H,(H,9,10)(H,11,12);1-4H2,(H,7,8)(H,9,10);3-4H,1-2H2. The molecule has 4 rings (SSSR count). The number of hydrogen-bond donors (Lipinski definition) is 11. The first kappa shape index (κ1) is 50.7. The lowest BCUT2D eigenvalue weighted by atomic mass is 9.99. The zero-order chi connectivity index (χ0) is 44.7. The van der Waals surface area contributed by atoms with E-state index in [2.05, 4.69) is 0 Å². The Kier molecular flexibility index (Phi) is 21.9. The second-order valence-electron chi connectivity index (χ2n) is 10.8. The summed E-state index contributed by atoms with van der Waals surface area (Å²) in [5, 5.41) is 84.8. The van der Waals surface area contributed by atoms with Gasteiger partial charge in [-0.05, 0) is 72.1 Å². The van der Waals surface area contributed by atoms with E-state index in [9.17, 15) is 46.8 Å². The van der Waals surface area contributed by atoms with Gasteiger partial charge in [-0.2, -0.15) is 8.42 Å². The molecule has 22 heteroatoms. The van der Waals surface area contributed by atoms with Crippen LogP contribution in [0.1, 0.15) is 87.8 Å². The normalized spacial score (nSPS) is 9.91. The zero-order valence-electron chi connectivity index (χ0n) is 29.7. The summed E-state index contributed by atoms with van der Waals surface area (Å²) < 4.78 is 30.2. The molecule has 312 valence electrons. The molecule has 0 aromatic heterocycles. The summed E-state index contributed by atoms with van der Waals surface area (Å²) in [6, 6.07) is 16.9. The Balaban J connectivity index is 0.000000735. The molecule has 0 saturated carbocycles. The number of aromatic carboxylic acids is 6. The maximum absolute atomic E-state index is 11.1. The van der Waals surface area contributed by atoms with Crippen molar-refractivity contribution in [2.45, 2.75) is 30.6 Å². The Morgan fingerprint density at radius 2 is 0.862 bits per heavy atom. The fourth-order valence-electron chi connectivity index (χ4n) is 3.98. The summed E-state index contributed by atoms with van der Waals surface area (Å²) >= 11 is 0. The van der Waals surface area contributed by atoms with E-state index >= 15 is 0 Å². The van der Waals surface area contributed by atoms with Crippen LogP contribution >= 0.6 is 0 Å². The van der Waals surface area contributed by atoms with E-state index in [0.717, 1.165) is 6.07 Å². The monoisotopic (exact) mass is 836 g/mol. The summed E-state index contributed by atoms with van der Waals surface area (Å²) in [5.74, 6) is -9.31. The molecule has 11 N–H and O–H groups in total. The fraction of sp³-hybridized carbons (Fsp3) is 0.167. The van der Waals surface area contributed by atoms with Crippen LogP contribution in [0.2, 0.25) is 0 Å². The molecule has 0 saturated heterocycles. The van der Waals surface area contributed by atoms with E-state index in [4.69, 9.17) is 55.6 Å². The highest BCUT2D eigenvalue weighted by atomic mass is 32.2. The van der Waals surface area contributed by atoms with Gasteiger partial charge in [0, 0.05) is 12.8 Å². The van der Waals surface area contributed by atoms with Crippen molar-refractivity contribution in [2.75, 3.05) is 13.2 Å². The van der Waals surface area contributed by atoms with Crippen LogP contribution < -0.4 is 0 Å². The molecule has 0 heterocycles. The van der Waals surface area contributed by atoms with Crippen molar-refractivity contribution >= 4 is 68.6 Å². The molecule has 0 aliphatic carbocycles. The third-order valence-electron chi connectivity index (χ3n) is 6.58. The summed E-state index contributed by atoms with van der Waals surface area (Å²) in [4.78, 5) is 82.8. The quantitative estimate of drug-likeness (QED) is 0.0679. The Labute approximate surface area is 326 Å². The number of carbonyl (C=O) groups is 8. The minimum Gasteiger partial charge on any atom is -0.481 e. The molecular weight excluding hydrogens is 800 g/mol. The molecule has 0 aliphatic heterocycles. The Morgan fingerprint density at radius 1 is 0.466 bits per heavy atom. The van der Waals surface area contributed by atoms with Crippen LogP contribution in [0, 0.1) is 0 Å². The number of carboxylic acids is 8. The zero-order valence-corrected chi connectivity index (χ0v) is 30.5. The van der Waals surface area contributed by atoms with Gasteiger partial charge in [-0.3, -0.25) is 14.1 Å². The van der Waals surface area contributed by atoms with Crippen molar-refractivity contribution in [1.29, 1.82) is 0 Å². The molecule has 0 bridgehead atoms. The second-order valence-corrected chi connectivity index (χ2v) is 12.2. The fourth-order valence-corrected chi connectivity index (χ4v) is 4.53. The third kappa shape index (κ3) is 18.9. The molecular formula is C36H36O21S. The lowest BCUT2D eigenvalue weighted by Gasteiger charge is -2.05. The van der Waals surface area contributed by atoms with Gasteiger partial charge >= 0.3 is 47.8 Å². The first-order chi connectivity index (χ1) is 27.0. The summed E-state index contributed by atoms with van der Waals surface area (Å²) in [6.45, 7) is -0.250. The van der Waals surface area contributed by atoms with Crippen molar-refractivity contribution in [3.63, 3.8) is 0 Å². The van der Waals surface area contributed by atoms with E-state index in [-0.39, 0.29) is 48.3 Å². The topological polar surface area (TPSA) is 393 Å². The van der Waals surface area contributed by atoms with E-state index in [1.54, 1.807) is 30.3 Å². The van der Waals surface area contributed by atoms with Gasteiger partial charge in [0.1, 0.15) is 0 Å². The van der Waals surface area contributed by atoms with Gasteiger partial charge in [-0.15, -0.1) is 0 Å². The Morgan fingerprint density at radius 3 is 1.17 bits per heavy atom. The number of unbranched alkanes of at least 4 members (excludes halogenated alkanes) is 1. The first-order valence-corrected chi connectivity index (χ1v) is 17.2. The van der Waals surface area contributed by atoms with Gasteiger partial charge in [-0.25, -0.2) is 28.8 Å². The second kappa shape index (κ2) is 25.0. The number of aliphatic hydroxyl groups excluding tert-OH is 2. The number of rotatable bonds is 13. The average Bonchev–Trinajstić information content (AvgIpc) is 3.16. The summed E-state index contributed by atoms with van der Waals surface area (Å²) in [6.07, 6.45) is 1.02. The molecule has 0 fully saturated rings. The van der Waals surface area contributed by atoms with Gasteiger partial charge in [0.15, 0.2) is 0 Å². The van der Waals surface area contributed by atoms with Gasteiger partial charge in [-0.1, -0.05) is 30.3 Å². The minimum absolute atomic E-state index is 0.0628. The summed E-state index contributed by atoms with van der Waals surface area (Å²) in [7, 11) is -4.64. The van der Waals surface area contributed by atoms with Crippen molar-refractivity contribution in [3.05, 3.63) is 112 Å². The molecule has 4 aromatic rings. The number of hydrogen-bond acceptors (Lipinski definition) is 12. The van der Waals surface area contributed by atoms with Crippen molar-refractivity contribution in [3.8, 4) is 0 Å². The summed E-state index contributed by atoms with van der Waals surface area (Å²) in [5.41, 5.74) is -1.25.